The fourth-order valence-electron chi connectivity index (χ4n) is 3.36. The summed E-state index contributed by atoms with van der Waals surface area (Å²) in [5.41, 5.74) is 0.933. The Morgan fingerprint density at radius 1 is 1.35 bits per heavy atom. The zero-order chi connectivity index (χ0) is 18.3. The van der Waals surface area contributed by atoms with E-state index in [-0.39, 0.29) is 17.9 Å². The van der Waals surface area contributed by atoms with E-state index >= 15 is 0 Å². The van der Waals surface area contributed by atoms with E-state index in [1.54, 1.807) is 17.0 Å². The minimum atomic E-state index is -0.0905. The number of hydrogen-bond donors (Lipinski definition) is 1. The van der Waals surface area contributed by atoms with Crippen LogP contribution in [0.4, 0.5) is 0 Å². The normalized spacial score (nSPS) is 15.5. The van der Waals surface area contributed by atoms with Gasteiger partial charge in [0, 0.05) is 31.6 Å². The quantitative estimate of drug-likeness (QED) is 0.766. The zero-order valence-electron chi connectivity index (χ0n) is 14.7. The average molecular weight is 372 g/mol. The van der Waals surface area contributed by atoms with Crippen molar-refractivity contribution in [2.75, 3.05) is 13.1 Å². The van der Waals surface area contributed by atoms with Crippen molar-refractivity contribution in [3.05, 3.63) is 40.8 Å². The van der Waals surface area contributed by atoms with E-state index in [2.05, 4.69) is 10.4 Å². The molecule has 0 bridgehead atoms. The molecule has 1 saturated heterocycles. The summed E-state index contributed by atoms with van der Waals surface area (Å²) in [6, 6.07) is 5.37. The number of piperidine rings is 1. The SMILES string of the molecule is Cc1nn(C)c2sc(C(=O)NC3CCN(C(=O)c4ccco4)CC3)cc12. The molecule has 1 aliphatic heterocycles. The Kier molecular flexibility index (Phi) is 4.28. The van der Waals surface area contributed by atoms with Crippen LogP contribution in [-0.4, -0.2) is 45.6 Å². The molecule has 0 aliphatic carbocycles. The number of hydrogen-bond acceptors (Lipinski definition) is 5. The van der Waals surface area contributed by atoms with Crippen LogP contribution < -0.4 is 5.32 Å². The van der Waals surface area contributed by atoms with Crippen molar-refractivity contribution < 1.29 is 14.0 Å². The van der Waals surface area contributed by atoms with Gasteiger partial charge in [-0.2, -0.15) is 5.10 Å². The van der Waals surface area contributed by atoms with Crippen molar-refractivity contribution in [1.82, 2.24) is 20.0 Å². The second-order valence-corrected chi connectivity index (χ2v) is 7.59. The molecular formula is C18H20N4O3S. The molecule has 3 aromatic rings. The van der Waals surface area contributed by atoms with E-state index in [4.69, 9.17) is 4.42 Å². The summed E-state index contributed by atoms with van der Waals surface area (Å²) in [7, 11) is 1.89. The van der Waals surface area contributed by atoms with Crippen molar-refractivity contribution in [2.45, 2.75) is 25.8 Å². The highest BCUT2D eigenvalue weighted by molar-refractivity contribution is 7.20. The largest absolute Gasteiger partial charge is 0.459 e. The number of rotatable bonds is 3. The van der Waals surface area contributed by atoms with Gasteiger partial charge in [-0.05, 0) is 38.0 Å². The second kappa shape index (κ2) is 6.60. The summed E-state index contributed by atoms with van der Waals surface area (Å²) in [6.07, 6.45) is 2.98. The lowest BCUT2D eigenvalue weighted by Gasteiger charge is -2.31. The third-order valence-corrected chi connectivity index (χ3v) is 5.97. The fourth-order valence-corrected chi connectivity index (χ4v) is 4.38. The van der Waals surface area contributed by atoms with Gasteiger partial charge in [0.1, 0.15) is 4.83 Å². The molecule has 2 amide bonds. The molecule has 0 radical (unpaired) electrons. The standard InChI is InChI=1S/C18H20N4O3S/c1-11-13-10-15(26-18(13)21(2)20-11)16(23)19-12-5-7-22(8-6-12)17(24)14-4-3-9-25-14/h3-4,9-10,12H,5-8H2,1-2H3,(H,19,23). The molecular weight excluding hydrogens is 352 g/mol. The lowest BCUT2D eigenvalue weighted by atomic mass is 10.0. The van der Waals surface area contributed by atoms with Gasteiger partial charge in [-0.25, -0.2) is 0 Å². The molecule has 0 aromatic carbocycles. The highest BCUT2D eigenvalue weighted by Crippen LogP contribution is 2.27. The number of aromatic nitrogens is 2. The summed E-state index contributed by atoms with van der Waals surface area (Å²) < 4.78 is 6.98. The van der Waals surface area contributed by atoms with E-state index in [1.165, 1.54) is 17.6 Å². The van der Waals surface area contributed by atoms with Crippen LogP contribution in [0.25, 0.3) is 10.2 Å². The fraction of sp³-hybridized carbons (Fsp3) is 0.389. The third-order valence-electron chi connectivity index (χ3n) is 4.77. The molecule has 4 heterocycles. The Labute approximate surface area is 154 Å². The number of carbonyl (C=O) groups is 2. The van der Waals surface area contributed by atoms with Crippen LogP contribution in [-0.2, 0) is 7.05 Å². The molecule has 3 aromatic heterocycles. The van der Waals surface area contributed by atoms with Gasteiger partial charge in [-0.3, -0.25) is 14.3 Å². The van der Waals surface area contributed by atoms with Crippen molar-refractivity contribution in [1.29, 1.82) is 0 Å². The molecule has 0 saturated carbocycles. The van der Waals surface area contributed by atoms with Crippen LogP contribution in [0, 0.1) is 6.92 Å². The number of fused-ring (bicyclic) bond motifs is 1. The van der Waals surface area contributed by atoms with Gasteiger partial charge in [0.15, 0.2) is 5.76 Å². The van der Waals surface area contributed by atoms with Crippen molar-refractivity contribution in [3.63, 3.8) is 0 Å². The Morgan fingerprint density at radius 3 is 2.77 bits per heavy atom. The van der Waals surface area contributed by atoms with E-state index in [0.717, 1.165) is 28.8 Å². The molecule has 26 heavy (non-hydrogen) atoms. The predicted molar refractivity (Wildman–Crippen MR) is 98.4 cm³/mol. The Hall–Kier alpha value is -2.61. The Bertz CT molecular complexity index is 914. The van der Waals surface area contributed by atoms with Gasteiger partial charge < -0.3 is 14.6 Å². The van der Waals surface area contributed by atoms with Gasteiger partial charge in [0.05, 0.1) is 16.8 Å². The lowest BCUT2D eigenvalue weighted by Crippen LogP contribution is -2.46. The van der Waals surface area contributed by atoms with Crippen molar-refractivity contribution in [2.24, 2.45) is 7.05 Å². The molecule has 7 nitrogen and oxygen atoms in total. The molecule has 4 rings (SSSR count). The van der Waals surface area contributed by atoms with E-state index in [0.29, 0.717) is 23.7 Å². The van der Waals surface area contributed by atoms with E-state index in [1.807, 2.05) is 24.7 Å². The van der Waals surface area contributed by atoms with Gasteiger partial charge in [-0.15, -0.1) is 11.3 Å². The summed E-state index contributed by atoms with van der Waals surface area (Å²) in [5.74, 6) is 0.218. The maximum absolute atomic E-state index is 12.6. The predicted octanol–water partition coefficient (Wildman–Crippen LogP) is 2.57. The highest BCUT2D eigenvalue weighted by atomic mass is 32.1. The maximum atomic E-state index is 12.6. The lowest BCUT2D eigenvalue weighted by molar-refractivity contribution is 0.0667. The van der Waals surface area contributed by atoms with Gasteiger partial charge in [0.2, 0.25) is 0 Å². The van der Waals surface area contributed by atoms with Gasteiger partial charge in [-0.1, -0.05) is 0 Å². The second-order valence-electron chi connectivity index (χ2n) is 6.56. The highest BCUT2D eigenvalue weighted by Gasteiger charge is 2.26. The van der Waals surface area contributed by atoms with E-state index < -0.39 is 0 Å². The van der Waals surface area contributed by atoms with E-state index in [9.17, 15) is 9.59 Å². The number of nitrogens with zero attached hydrogens (tertiary/aromatic N) is 3. The van der Waals surface area contributed by atoms with Crippen molar-refractivity contribution >= 4 is 33.4 Å². The summed E-state index contributed by atoms with van der Waals surface area (Å²) in [5, 5.41) is 8.49. The molecule has 1 N–H and O–H groups in total. The summed E-state index contributed by atoms with van der Waals surface area (Å²) >= 11 is 1.46. The van der Waals surface area contributed by atoms with Crippen LogP contribution in [0.5, 0.6) is 0 Å². The van der Waals surface area contributed by atoms with Gasteiger partial charge in [0.25, 0.3) is 11.8 Å². The topological polar surface area (TPSA) is 80.4 Å². The van der Waals surface area contributed by atoms with Crippen LogP contribution >= 0.6 is 11.3 Å². The zero-order valence-corrected chi connectivity index (χ0v) is 15.5. The summed E-state index contributed by atoms with van der Waals surface area (Å²) in [4.78, 5) is 28.3. The Balaban J connectivity index is 1.37. The minimum absolute atomic E-state index is 0.0542. The summed E-state index contributed by atoms with van der Waals surface area (Å²) in [6.45, 7) is 3.17. The first kappa shape index (κ1) is 16.8. The number of nitrogens with one attached hydrogen (secondary N) is 1. The van der Waals surface area contributed by atoms with Crippen molar-refractivity contribution in [3.8, 4) is 0 Å². The molecule has 0 atom stereocenters. The molecule has 8 heteroatoms. The monoisotopic (exact) mass is 372 g/mol. The van der Waals surface area contributed by atoms with Crippen LogP contribution in [0.15, 0.2) is 28.9 Å². The van der Waals surface area contributed by atoms with Crippen LogP contribution in [0.2, 0.25) is 0 Å². The average Bonchev–Trinajstić information content (AvgIpc) is 3.35. The first-order valence-corrected chi connectivity index (χ1v) is 9.41. The molecule has 1 aliphatic rings. The number of aryl methyl sites for hydroxylation is 2. The van der Waals surface area contributed by atoms with Crippen LogP contribution in [0.1, 0.15) is 38.8 Å². The molecule has 0 spiro atoms. The van der Waals surface area contributed by atoms with Crippen LogP contribution in [0.3, 0.4) is 0 Å². The maximum Gasteiger partial charge on any atom is 0.289 e. The van der Waals surface area contributed by atoms with Gasteiger partial charge >= 0.3 is 0 Å². The molecule has 1 fully saturated rings. The number of amides is 2. The minimum Gasteiger partial charge on any atom is -0.459 e. The first-order valence-electron chi connectivity index (χ1n) is 8.59. The number of likely N-dealkylation sites (tertiary alicyclic amines) is 1. The first-order chi connectivity index (χ1) is 12.5. The third kappa shape index (κ3) is 3.01. The molecule has 136 valence electrons. The Morgan fingerprint density at radius 2 is 2.12 bits per heavy atom. The molecule has 0 unspecified atom stereocenters. The smallest absolute Gasteiger partial charge is 0.289 e. The number of carbonyl (C=O) groups excluding carboxylic acids is 2. The number of furan rings is 1. The number of thiophene rings is 1.